The minimum absolute atomic E-state index is 0.374. The molecule has 0 saturated carbocycles. The molecule has 1 unspecified atom stereocenters. The molecule has 19 heavy (non-hydrogen) atoms. The molecule has 1 aromatic carbocycles. The molecule has 2 rings (SSSR count). The number of esters is 1. The van der Waals surface area contributed by atoms with Gasteiger partial charge in [0.05, 0.1) is 7.11 Å². The Bertz CT molecular complexity index is 633. The first-order valence-corrected chi connectivity index (χ1v) is 6.40. The topological polar surface area (TPSA) is 51.2 Å². The van der Waals surface area contributed by atoms with Gasteiger partial charge in [-0.05, 0) is 25.1 Å². The molecule has 0 aliphatic heterocycles. The van der Waals surface area contributed by atoms with Crippen LogP contribution in [-0.2, 0) is 9.53 Å². The monoisotopic (exact) mass is 326 g/mol. The van der Waals surface area contributed by atoms with Gasteiger partial charge in [-0.1, -0.05) is 15.9 Å². The Morgan fingerprint density at radius 2 is 2.21 bits per heavy atom. The van der Waals surface area contributed by atoms with Crippen LogP contribution in [0.25, 0.3) is 10.8 Å². The fraction of sp³-hybridized carbons (Fsp3) is 0.231. The summed E-state index contributed by atoms with van der Waals surface area (Å²) in [6.07, 6.45) is 1.59. The van der Waals surface area contributed by atoms with Crippen LogP contribution >= 0.6 is 15.9 Å². The van der Waals surface area contributed by atoms with Crippen LogP contribution in [0.1, 0.15) is 6.92 Å². The third-order valence-corrected chi connectivity index (χ3v) is 3.36. The van der Waals surface area contributed by atoms with Crippen LogP contribution in [0.4, 0.5) is 10.2 Å². The summed E-state index contributed by atoms with van der Waals surface area (Å²) in [6, 6.07) is 3.97. The van der Waals surface area contributed by atoms with Crippen LogP contribution in [0, 0.1) is 5.82 Å². The van der Waals surface area contributed by atoms with Crippen molar-refractivity contribution in [1.82, 2.24) is 4.98 Å². The molecule has 0 fully saturated rings. The first-order chi connectivity index (χ1) is 9.02. The van der Waals surface area contributed by atoms with E-state index >= 15 is 0 Å². The SMILES string of the molecule is COC(=O)C(C)Nc1nccc2c(Br)cc(F)cc12. The number of halogens is 2. The normalized spacial score (nSPS) is 12.2. The van der Waals surface area contributed by atoms with Crippen molar-refractivity contribution in [3.8, 4) is 0 Å². The van der Waals surface area contributed by atoms with Gasteiger partial charge in [0.1, 0.15) is 17.7 Å². The number of aromatic nitrogens is 1. The summed E-state index contributed by atoms with van der Waals surface area (Å²) in [6.45, 7) is 1.65. The largest absolute Gasteiger partial charge is 0.467 e. The summed E-state index contributed by atoms with van der Waals surface area (Å²) in [7, 11) is 1.31. The van der Waals surface area contributed by atoms with Crippen molar-refractivity contribution in [3.63, 3.8) is 0 Å². The number of rotatable bonds is 3. The van der Waals surface area contributed by atoms with Gasteiger partial charge >= 0.3 is 5.97 Å². The molecule has 0 radical (unpaired) electrons. The third kappa shape index (κ3) is 2.84. The van der Waals surface area contributed by atoms with Crippen molar-refractivity contribution >= 4 is 38.5 Å². The molecular weight excluding hydrogens is 315 g/mol. The summed E-state index contributed by atoms with van der Waals surface area (Å²) in [4.78, 5) is 15.5. The fourth-order valence-corrected chi connectivity index (χ4v) is 2.33. The molecule has 4 nitrogen and oxygen atoms in total. The van der Waals surface area contributed by atoms with Crippen molar-refractivity contribution in [2.45, 2.75) is 13.0 Å². The van der Waals surface area contributed by atoms with E-state index in [1.165, 1.54) is 19.2 Å². The number of carbonyl (C=O) groups is 1. The van der Waals surface area contributed by atoms with Crippen LogP contribution in [0.3, 0.4) is 0 Å². The minimum atomic E-state index is -0.565. The standard InChI is InChI=1S/C13H12BrFN2O2/c1-7(13(18)19-2)17-12-10-5-8(15)6-11(14)9(10)3-4-16-12/h3-7H,1-2H3,(H,16,17). The number of anilines is 1. The van der Waals surface area contributed by atoms with E-state index in [1.54, 1.807) is 19.2 Å². The van der Waals surface area contributed by atoms with Gasteiger partial charge in [-0.15, -0.1) is 0 Å². The number of methoxy groups -OCH3 is 1. The van der Waals surface area contributed by atoms with Crippen LogP contribution in [0.15, 0.2) is 28.9 Å². The maximum Gasteiger partial charge on any atom is 0.328 e. The number of pyridine rings is 1. The van der Waals surface area contributed by atoms with E-state index < -0.39 is 12.0 Å². The van der Waals surface area contributed by atoms with E-state index in [2.05, 4.69) is 31.0 Å². The van der Waals surface area contributed by atoms with Crippen LogP contribution < -0.4 is 5.32 Å². The molecule has 1 aromatic heterocycles. The summed E-state index contributed by atoms with van der Waals surface area (Å²) >= 11 is 3.30. The average molecular weight is 327 g/mol. The second kappa shape index (κ2) is 5.52. The second-order valence-electron chi connectivity index (χ2n) is 4.03. The van der Waals surface area contributed by atoms with Crippen molar-refractivity contribution in [2.24, 2.45) is 0 Å². The van der Waals surface area contributed by atoms with Gasteiger partial charge in [-0.2, -0.15) is 0 Å². The van der Waals surface area contributed by atoms with Gasteiger partial charge in [0.15, 0.2) is 0 Å². The van der Waals surface area contributed by atoms with E-state index in [0.29, 0.717) is 15.7 Å². The van der Waals surface area contributed by atoms with E-state index in [9.17, 15) is 9.18 Å². The zero-order valence-corrected chi connectivity index (χ0v) is 12.0. The van der Waals surface area contributed by atoms with Crippen LogP contribution in [0.5, 0.6) is 0 Å². The number of nitrogens with zero attached hydrogens (tertiary/aromatic N) is 1. The van der Waals surface area contributed by atoms with Gasteiger partial charge in [-0.25, -0.2) is 14.2 Å². The summed E-state index contributed by atoms with van der Waals surface area (Å²) in [5, 5.41) is 4.33. The van der Waals surface area contributed by atoms with E-state index in [0.717, 1.165) is 5.39 Å². The number of fused-ring (bicyclic) bond motifs is 1. The molecule has 2 aromatic rings. The first-order valence-electron chi connectivity index (χ1n) is 5.61. The van der Waals surface area contributed by atoms with Crippen molar-refractivity contribution in [2.75, 3.05) is 12.4 Å². The zero-order valence-electron chi connectivity index (χ0n) is 10.4. The van der Waals surface area contributed by atoms with Gasteiger partial charge in [0.2, 0.25) is 0 Å². The lowest BCUT2D eigenvalue weighted by atomic mass is 10.1. The van der Waals surface area contributed by atoms with Crippen LogP contribution in [-0.4, -0.2) is 24.1 Å². The smallest absolute Gasteiger partial charge is 0.328 e. The second-order valence-corrected chi connectivity index (χ2v) is 4.89. The van der Waals surface area contributed by atoms with Crippen molar-refractivity contribution < 1.29 is 13.9 Å². The maximum absolute atomic E-state index is 13.5. The molecular formula is C13H12BrFN2O2. The lowest BCUT2D eigenvalue weighted by Gasteiger charge is -2.14. The lowest BCUT2D eigenvalue weighted by molar-refractivity contribution is -0.141. The van der Waals surface area contributed by atoms with Gasteiger partial charge < -0.3 is 10.1 Å². The Morgan fingerprint density at radius 3 is 2.89 bits per heavy atom. The van der Waals surface area contributed by atoms with E-state index in [-0.39, 0.29) is 5.82 Å². The zero-order chi connectivity index (χ0) is 14.0. The molecule has 0 saturated heterocycles. The Morgan fingerprint density at radius 1 is 1.47 bits per heavy atom. The van der Waals surface area contributed by atoms with E-state index in [1.807, 2.05) is 0 Å². The molecule has 6 heteroatoms. The molecule has 0 bridgehead atoms. The van der Waals surface area contributed by atoms with Crippen LogP contribution in [0.2, 0.25) is 0 Å². The number of ether oxygens (including phenoxy) is 1. The summed E-state index contributed by atoms with van der Waals surface area (Å²) < 4.78 is 18.7. The van der Waals surface area contributed by atoms with Crippen molar-refractivity contribution in [3.05, 3.63) is 34.7 Å². The minimum Gasteiger partial charge on any atom is -0.467 e. The molecule has 1 N–H and O–H groups in total. The molecule has 0 spiro atoms. The molecule has 0 aliphatic rings. The highest BCUT2D eigenvalue weighted by atomic mass is 79.9. The number of hydrogen-bond acceptors (Lipinski definition) is 4. The molecule has 100 valence electrons. The third-order valence-electron chi connectivity index (χ3n) is 2.70. The highest BCUT2D eigenvalue weighted by Gasteiger charge is 2.15. The first kappa shape index (κ1) is 13.7. The Labute approximate surface area is 118 Å². The number of benzene rings is 1. The summed E-state index contributed by atoms with van der Waals surface area (Å²) in [5.41, 5.74) is 0. The Kier molecular flexibility index (Phi) is 3.99. The maximum atomic E-state index is 13.5. The fourth-order valence-electron chi connectivity index (χ4n) is 1.76. The quantitative estimate of drug-likeness (QED) is 0.880. The number of hydrogen-bond donors (Lipinski definition) is 1. The summed E-state index contributed by atoms with van der Waals surface area (Å²) in [5.74, 6) is -0.342. The average Bonchev–Trinajstić information content (AvgIpc) is 2.38. The van der Waals surface area contributed by atoms with Gasteiger partial charge in [-0.3, -0.25) is 0 Å². The highest BCUT2D eigenvalue weighted by molar-refractivity contribution is 9.10. The van der Waals surface area contributed by atoms with Crippen molar-refractivity contribution in [1.29, 1.82) is 0 Å². The number of carbonyl (C=O) groups excluding carboxylic acids is 1. The highest BCUT2D eigenvalue weighted by Crippen LogP contribution is 2.29. The predicted octanol–water partition coefficient (Wildman–Crippen LogP) is 3.11. The number of nitrogens with one attached hydrogen (secondary N) is 1. The lowest BCUT2D eigenvalue weighted by Crippen LogP contribution is -2.27. The van der Waals surface area contributed by atoms with E-state index in [4.69, 9.17) is 0 Å². The Balaban J connectivity index is 2.46. The molecule has 1 heterocycles. The molecule has 0 amide bonds. The molecule has 0 aliphatic carbocycles. The predicted molar refractivity (Wildman–Crippen MR) is 74.5 cm³/mol. The van der Waals surface area contributed by atoms with Gasteiger partial charge in [0.25, 0.3) is 0 Å². The van der Waals surface area contributed by atoms with Gasteiger partial charge in [0, 0.05) is 21.4 Å². The Hall–Kier alpha value is -1.69. The molecule has 1 atom stereocenters.